The van der Waals surface area contributed by atoms with Gasteiger partial charge in [-0.25, -0.2) is 0 Å². The summed E-state index contributed by atoms with van der Waals surface area (Å²) in [6.45, 7) is 13.1. The molecule has 0 amide bonds. The summed E-state index contributed by atoms with van der Waals surface area (Å²) in [6, 6.07) is 0. The zero-order valence-corrected chi connectivity index (χ0v) is 13.8. The van der Waals surface area contributed by atoms with E-state index in [2.05, 4.69) is 34.3 Å². The molecule has 4 aliphatic rings. The Balaban J connectivity index is 1.89. The number of ketones is 1. The summed E-state index contributed by atoms with van der Waals surface area (Å²) in [5.41, 5.74) is 0.123. The number of aliphatic hydroxyl groups excluding tert-OH is 1. The molecule has 0 heterocycles. The molecule has 2 nitrogen and oxygen atoms in total. The van der Waals surface area contributed by atoms with E-state index in [-0.39, 0.29) is 33.7 Å². The van der Waals surface area contributed by atoms with Crippen molar-refractivity contribution < 1.29 is 9.90 Å². The quantitative estimate of drug-likeness (QED) is 0.749. The van der Waals surface area contributed by atoms with E-state index in [4.69, 9.17) is 0 Å². The van der Waals surface area contributed by atoms with E-state index < -0.39 is 0 Å². The van der Waals surface area contributed by atoms with Gasteiger partial charge in [0.1, 0.15) is 5.78 Å². The maximum absolute atomic E-state index is 12.6. The van der Waals surface area contributed by atoms with Crippen molar-refractivity contribution >= 4 is 5.78 Å². The average Bonchev–Trinajstić information content (AvgIpc) is 2.46. The predicted molar refractivity (Wildman–Crippen MR) is 82.6 cm³/mol. The monoisotopic (exact) mass is 288 g/mol. The first kappa shape index (κ1) is 14.0. The minimum Gasteiger partial charge on any atom is -0.392 e. The zero-order valence-electron chi connectivity index (χ0n) is 13.8. The Bertz CT molecular complexity index is 554. The number of hydrogen-bond donors (Lipinski definition) is 1. The van der Waals surface area contributed by atoms with Gasteiger partial charge in [0, 0.05) is 17.3 Å². The molecule has 0 spiro atoms. The maximum atomic E-state index is 12.6. The molecule has 2 heteroatoms. The molecule has 2 bridgehead atoms. The molecule has 4 rings (SSSR count). The summed E-state index contributed by atoms with van der Waals surface area (Å²) >= 11 is 0. The van der Waals surface area contributed by atoms with Crippen molar-refractivity contribution in [1.29, 1.82) is 0 Å². The van der Waals surface area contributed by atoms with Crippen LogP contribution in [0.3, 0.4) is 0 Å². The van der Waals surface area contributed by atoms with Gasteiger partial charge in [-0.15, -0.1) is 6.58 Å². The third kappa shape index (κ3) is 1.12. The molecule has 0 aromatic carbocycles. The van der Waals surface area contributed by atoms with Crippen LogP contribution in [0, 0.1) is 39.4 Å². The number of carbonyl (C=O) groups excluding carboxylic acids is 1. The molecule has 4 fully saturated rings. The second kappa shape index (κ2) is 3.48. The Morgan fingerprint density at radius 3 is 2.57 bits per heavy atom. The maximum Gasteiger partial charge on any atom is 0.139 e. The summed E-state index contributed by atoms with van der Waals surface area (Å²) in [7, 11) is 0. The van der Waals surface area contributed by atoms with Crippen molar-refractivity contribution in [1.82, 2.24) is 0 Å². The van der Waals surface area contributed by atoms with E-state index in [1.165, 1.54) is 0 Å². The highest BCUT2D eigenvalue weighted by Crippen LogP contribution is 2.88. The van der Waals surface area contributed by atoms with Crippen LogP contribution < -0.4 is 0 Å². The molecule has 0 aromatic heterocycles. The van der Waals surface area contributed by atoms with Crippen LogP contribution in [-0.2, 0) is 4.79 Å². The Morgan fingerprint density at radius 2 is 1.95 bits per heavy atom. The van der Waals surface area contributed by atoms with Gasteiger partial charge >= 0.3 is 0 Å². The lowest BCUT2D eigenvalue weighted by Crippen LogP contribution is -2.81. The highest BCUT2D eigenvalue weighted by atomic mass is 16.3. The Hall–Kier alpha value is -0.630. The van der Waals surface area contributed by atoms with Crippen LogP contribution in [0.15, 0.2) is 12.7 Å². The summed E-state index contributed by atoms with van der Waals surface area (Å²) in [6.07, 6.45) is 5.37. The Morgan fingerprint density at radius 1 is 1.29 bits per heavy atom. The van der Waals surface area contributed by atoms with Crippen LogP contribution in [0.1, 0.15) is 53.4 Å². The van der Waals surface area contributed by atoms with E-state index >= 15 is 0 Å². The van der Waals surface area contributed by atoms with E-state index in [0.29, 0.717) is 17.6 Å². The normalized spacial score (nSPS) is 64.7. The first-order valence-electron chi connectivity index (χ1n) is 8.54. The Kier molecular flexibility index (Phi) is 2.32. The fourth-order valence-electron chi connectivity index (χ4n) is 7.74. The molecule has 0 aliphatic heterocycles. The molecular weight excluding hydrogens is 260 g/mol. The van der Waals surface area contributed by atoms with Gasteiger partial charge in [0.2, 0.25) is 0 Å². The van der Waals surface area contributed by atoms with Crippen molar-refractivity contribution in [2.24, 2.45) is 39.4 Å². The van der Waals surface area contributed by atoms with Gasteiger partial charge in [-0.1, -0.05) is 33.8 Å². The van der Waals surface area contributed by atoms with Gasteiger partial charge in [0.05, 0.1) is 6.10 Å². The molecule has 0 aromatic rings. The number of Topliss-reactive ketones (excluding diaryl/α,β-unsaturated/α-hetero) is 1. The minimum absolute atomic E-state index is 0.0343. The van der Waals surface area contributed by atoms with Crippen molar-refractivity contribution in [2.45, 2.75) is 59.5 Å². The molecule has 0 saturated heterocycles. The largest absolute Gasteiger partial charge is 0.392 e. The molecule has 4 aliphatic carbocycles. The van der Waals surface area contributed by atoms with E-state index in [1.54, 1.807) is 0 Å². The number of rotatable bonds is 1. The van der Waals surface area contributed by atoms with Crippen LogP contribution in [0.2, 0.25) is 0 Å². The lowest BCUT2D eigenvalue weighted by Gasteiger charge is -2.83. The predicted octanol–water partition coefficient (Wildman–Crippen LogP) is 3.59. The molecule has 8 atom stereocenters. The van der Waals surface area contributed by atoms with E-state index in [1.807, 2.05) is 6.08 Å². The highest BCUT2D eigenvalue weighted by Gasteiger charge is 2.86. The second-order valence-electron chi connectivity index (χ2n) is 9.15. The lowest BCUT2D eigenvalue weighted by atomic mass is 9.19. The van der Waals surface area contributed by atoms with Crippen molar-refractivity contribution in [2.75, 3.05) is 0 Å². The molecule has 21 heavy (non-hydrogen) atoms. The fraction of sp³-hybridized carbons (Fsp3) is 0.842. The van der Waals surface area contributed by atoms with Crippen LogP contribution >= 0.6 is 0 Å². The van der Waals surface area contributed by atoms with E-state index in [9.17, 15) is 9.90 Å². The second-order valence-corrected chi connectivity index (χ2v) is 9.15. The lowest BCUT2D eigenvalue weighted by molar-refractivity contribution is -0.339. The minimum atomic E-state index is -0.337. The van der Waals surface area contributed by atoms with Gasteiger partial charge in [-0.05, 0) is 47.8 Å². The summed E-state index contributed by atoms with van der Waals surface area (Å²) < 4.78 is 0. The van der Waals surface area contributed by atoms with Gasteiger partial charge < -0.3 is 5.11 Å². The molecule has 4 saturated carbocycles. The van der Waals surface area contributed by atoms with Crippen LogP contribution in [-0.4, -0.2) is 17.0 Å². The van der Waals surface area contributed by atoms with Gasteiger partial charge in [-0.2, -0.15) is 0 Å². The smallest absolute Gasteiger partial charge is 0.139 e. The third-order valence-electron chi connectivity index (χ3n) is 8.75. The van der Waals surface area contributed by atoms with Crippen molar-refractivity contribution in [3.63, 3.8) is 0 Å². The molecule has 1 N–H and O–H groups in total. The summed E-state index contributed by atoms with van der Waals surface area (Å²) in [5.74, 6) is 1.73. The number of hydrogen-bond acceptors (Lipinski definition) is 2. The van der Waals surface area contributed by atoms with Gasteiger partial charge in [0.15, 0.2) is 0 Å². The molecule has 4 unspecified atom stereocenters. The highest BCUT2D eigenvalue weighted by molar-refractivity contribution is 5.90. The summed E-state index contributed by atoms with van der Waals surface area (Å²) in [5, 5.41) is 11.0. The van der Waals surface area contributed by atoms with Gasteiger partial charge in [-0.3, -0.25) is 4.79 Å². The first-order chi connectivity index (χ1) is 9.69. The van der Waals surface area contributed by atoms with Crippen molar-refractivity contribution in [3.05, 3.63) is 12.7 Å². The van der Waals surface area contributed by atoms with Crippen LogP contribution in [0.4, 0.5) is 0 Å². The standard InChI is InChI=1S/C19H28O2/c1-6-16(4)9-17(5)12(3)19-10-18(15(17)19,8-7-13(19)20)11(2)14(16)21/h6,11-12,14-15,21H,1,7-10H2,2-5H3/t11-,12-,14?,15?,16+,17+,18?,19?/m0/s1. The van der Waals surface area contributed by atoms with Crippen LogP contribution in [0.5, 0.6) is 0 Å². The number of aliphatic hydroxyl groups is 1. The average molecular weight is 288 g/mol. The first-order valence-corrected chi connectivity index (χ1v) is 8.54. The molecule has 116 valence electrons. The molecular formula is C19H28O2. The van der Waals surface area contributed by atoms with Crippen LogP contribution in [0.25, 0.3) is 0 Å². The fourth-order valence-corrected chi connectivity index (χ4v) is 7.74. The third-order valence-corrected chi connectivity index (χ3v) is 8.75. The Labute approximate surface area is 128 Å². The number of carbonyl (C=O) groups is 1. The van der Waals surface area contributed by atoms with Gasteiger partial charge in [0.25, 0.3) is 0 Å². The summed E-state index contributed by atoms with van der Waals surface area (Å²) in [4.78, 5) is 12.6. The SMILES string of the molecule is C=C[C@]1(C)C[C@@]2(C)C3C4(CCC(=O)C3(C4)[C@H]2C)[C@@H](C)C1O. The van der Waals surface area contributed by atoms with Crippen molar-refractivity contribution in [3.8, 4) is 0 Å². The zero-order chi connectivity index (χ0) is 15.4. The molecule has 0 radical (unpaired) electrons. The topological polar surface area (TPSA) is 37.3 Å². The van der Waals surface area contributed by atoms with E-state index in [0.717, 1.165) is 25.7 Å².